The molecule has 0 saturated heterocycles. The van der Waals surface area contributed by atoms with E-state index < -0.39 is 6.10 Å². The molecule has 0 aliphatic heterocycles. The number of nitrogens with zero attached hydrogens (tertiary/aromatic N) is 1. The van der Waals surface area contributed by atoms with Crippen molar-refractivity contribution in [2.75, 3.05) is 32.0 Å². The molecule has 0 bridgehead atoms. The number of halogens is 2. The Bertz CT molecular complexity index is 663. The summed E-state index contributed by atoms with van der Waals surface area (Å²) in [5, 5.41) is 14.2. The summed E-state index contributed by atoms with van der Waals surface area (Å²) in [5.74, 6) is 0. The molecule has 1 unspecified atom stereocenters. The average molecular weight is 412 g/mol. The van der Waals surface area contributed by atoms with Crippen molar-refractivity contribution in [2.45, 2.75) is 31.8 Å². The zero-order valence-corrected chi connectivity index (χ0v) is 16.8. The Balaban J connectivity index is 1.48. The number of benzene rings is 1. The number of aliphatic hydroxyl groups excluding tert-OH is 1. The molecule has 1 heterocycles. The molecule has 0 aliphatic carbocycles. The molecule has 0 aliphatic rings. The highest BCUT2D eigenvalue weighted by molar-refractivity contribution is 6.38. The Morgan fingerprint density at radius 2 is 1.89 bits per heavy atom. The molecule has 4 N–H and O–H groups in total. The maximum absolute atomic E-state index is 10.2. The van der Waals surface area contributed by atoms with Gasteiger partial charge < -0.3 is 20.9 Å². The first-order chi connectivity index (χ1) is 13.1. The fraction of sp³-hybridized carbons (Fsp3) is 0.450. The first kappa shape index (κ1) is 21.9. The molecule has 1 atom stereocenters. The number of nitrogen functional groups attached to an aromatic ring is 1. The smallest absolute Gasteiger partial charge is 0.0915 e. The molecule has 148 valence electrons. The second kappa shape index (κ2) is 12.2. The Hall–Kier alpha value is -1.37. The highest BCUT2D eigenvalue weighted by Gasteiger charge is 2.11. The minimum Gasteiger partial charge on any atom is -0.396 e. The number of hydrogen-bond donors (Lipinski definition) is 3. The van der Waals surface area contributed by atoms with Gasteiger partial charge in [-0.25, -0.2) is 0 Å². The van der Waals surface area contributed by atoms with Crippen LogP contribution in [0, 0.1) is 0 Å². The first-order valence-electron chi connectivity index (χ1n) is 9.18. The maximum atomic E-state index is 10.2. The van der Waals surface area contributed by atoms with E-state index in [0.717, 1.165) is 44.5 Å². The molecular formula is C20H27Cl2N3O2. The number of hydrogen-bond acceptors (Lipinski definition) is 5. The van der Waals surface area contributed by atoms with E-state index in [1.165, 1.54) is 0 Å². The van der Waals surface area contributed by atoms with Gasteiger partial charge in [-0.2, -0.15) is 0 Å². The van der Waals surface area contributed by atoms with Gasteiger partial charge in [-0.15, -0.1) is 0 Å². The molecule has 7 heteroatoms. The third-order valence-electron chi connectivity index (χ3n) is 4.19. The minimum absolute atomic E-state index is 0.337. The summed E-state index contributed by atoms with van der Waals surface area (Å²) >= 11 is 12.0. The van der Waals surface area contributed by atoms with E-state index in [1.807, 2.05) is 18.2 Å². The number of unbranched alkanes of at least 4 members (excludes halogenated alkanes) is 2. The van der Waals surface area contributed by atoms with Crippen molar-refractivity contribution >= 4 is 28.9 Å². The van der Waals surface area contributed by atoms with Crippen LogP contribution in [0.15, 0.2) is 36.5 Å². The summed E-state index contributed by atoms with van der Waals surface area (Å²) in [6.07, 6.45) is 5.10. The van der Waals surface area contributed by atoms with Crippen LogP contribution in [0.4, 0.5) is 5.69 Å². The summed E-state index contributed by atoms with van der Waals surface area (Å²) in [5.41, 5.74) is 7.76. The van der Waals surface area contributed by atoms with Crippen LogP contribution in [0.2, 0.25) is 10.0 Å². The SMILES string of the molecule is Nc1c(Cl)cc(C(O)CNCCCCCOCCc2ccccn2)cc1Cl. The van der Waals surface area contributed by atoms with Gasteiger partial charge in [-0.1, -0.05) is 29.3 Å². The van der Waals surface area contributed by atoms with Crippen molar-refractivity contribution in [1.29, 1.82) is 0 Å². The number of aliphatic hydroxyl groups is 1. The summed E-state index contributed by atoms with van der Waals surface area (Å²) in [7, 11) is 0. The van der Waals surface area contributed by atoms with E-state index in [-0.39, 0.29) is 0 Å². The van der Waals surface area contributed by atoms with Gasteiger partial charge in [0.15, 0.2) is 0 Å². The van der Waals surface area contributed by atoms with E-state index in [4.69, 9.17) is 33.7 Å². The maximum Gasteiger partial charge on any atom is 0.0915 e. The number of anilines is 1. The van der Waals surface area contributed by atoms with Gasteiger partial charge in [-0.05, 0) is 55.6 Å². The molecule has 0 spiro atoms. The minimum atomic E-state index is -0.671. The first-order valence-corrected chi connectivity index (χ1v) is 9.94. The lowest BCUT2D eigenvalue weighted by Crippen LogP contribution is -2.22. The van der Waals surface area contributed by atoms with Crippen molar-refractivity contribution in [3.8, 4) is 0 Å². The van der Waals surface area contributed by atoms with Crippen LogP contribution in [0.5, 0.6) is 0 Å². The second-order valence-corrected chi connectivity index (χ2v) is 7.18. The van der Waals surface area contributed by atoms with Crippen molar-refractivity contribution in [3.63, 3.8) is 0 Å². The van der Waals surface area contributed by atoms with Crippen LogP contribution in [-0.2, 0) is 11.2 Å². The lowest BCUT2D eigenvalue weighted by molar-refractivity contribution is 0.132. The topological polar surface area (TPSA) is 80.4 Å². The van der Waals surface area contributed by atoms with Crippen LogP contribution in [0.3, 0.4) is 0 Å². The van der Waals surface area contributed by atoms with Gasteiger partial charge in [0, 0.05) is 31.5 Å². The van der Waals surface area contributed by atoms with Gasteiger partial charge >= 0.3 is 0 Å². The van der Waals surface area contributed by atoms with Crippen molar-refractivity contribution in [3.05, 3.63) is 57.8 Å². The molecule has 27 heavy (non-hydrogen) atoms. The molecule has 2 aromatic rings. The molecule has 2 rings (SSSR count). The fourth-order valence-corrected chi connectivity index (χ4v) is 3.11. The Labute approximate surface area is 170 Å². The summed E-state index contributed by atoms with van der Waals surface area (Å²) < 4.78 is 5.64. The van der Waals surface area contributed by atoms with Gasteiger partial charge in [0.05, 0.1) is 28.4 Å². The van der Waals surface area contributed by atoms with Gasteiger partial charge in [0.1, 0.15) is 0 Å². The molecule has 1 aromatic heterocycles. The quantitative estimate of drug-likeness (QED) is 0.362. The van der Waals surface area contributed by atoms with Crippen LogP contribution in [0.1, 0.15) is 36.6 Å². The van der Waals surface area contributed by atoms with E-state index in [9.17, 15) is 5.11 Å². The van der Waals surface area contributed by atoms with E-state index in [1.54, 1.807) is 18.3 Å². The number of pyridine rings is 1. The van der Waals surface area contributed by atoms with E-state index in [2.05, 4.69) is 10.3 Å². The zero-order valence-electron chi connectivity index (χ0n) is 15.3. The van der Waals surface area contributed by atoms with Crippen LogP contribution < -0.4 is 11.1 Å². The number of nitrogens with two attached hydrogens (primary N) is 1. The molecule has 5 nitrogen and oxygen atoms in total. The highest BCUT2D eigenvalue weighted by Crippen LogP contribution is 2.31. The number of rotatable bonds is 12. The third-order valence-corrected chi connectivity index (χ3v) is 4.82. The average Bonchev–Trinajstić information content (AvgIpc) is 2.67. The Morgan fingerprint density at radius 1 is 1.11 bits per heavy atom. The van der Waals surface area contributed by atoms with Crippen LogP contribution in [-0.4, -0.2) is 36.4 Å². The van der Waals surface area contributed by atoms with Gasteiger partial charge in [-0.3, -0.25) is 4.98 Å². The van der Waals surface area contributed by atoms with Crippen molar-refractivity contribution in [1.82, 2.24) is 10.3 Å². The van der Waals surface area contributed by atoms with Crippen molar-refractivity contribution in [2.24, 2.45) is 0 Å². The van der Waals surface area contributed by atoms with E-state index in [0.29, 0.717) is 34.4 Å². The standard InChI is InChI=1S/C20H27Cl2N3O2/c21-17-12-15(13-18(22)20(17)23)19(26)14-24-8-3-1-5-10-27-11-7-16-6-2-4-9-25-16/h2,4,6,9,12-13,19,24,26H,1,3,5,7-8,10-11,14,23H2. The zero-order chi connectivity index (χ0) is 19.5. The third kappa shape index (κ3) is 8.03. The molecule has 0 amide bonds. The Kier molecular flexibility index (Phi) is 9.87. The number of ether oxygens (including phenoxy) is 1. The molecule has 0 saturated carbocycles. The summed E-state index contributed by atoms with van der Waals surface area (Å²) in [4.78, 5) is 4.27. The van der Waals surface area contributed by atoms with Gasteiger partial charge in [0.2, 0.25) is 0 Å². The Morgan fingerprint density at radius 3 is 2.59 bits per heavy atom. The van der Waals surface area contributed by atoms with Crippen molar-refractivity contribution < 1.29 is 9.84 Å². The number of nitrogens with one attached hydrogen (secondary N) is 1. The fourth-order valence-electron chi connectivity index (χ4n) is 2.61. The molecule has 0 fully saturated rings. The molecule has 0 radical (unpaired) electrons. The lowest BCUT2D eigenvalue weighted by Gasteiger charge is -2.14. The molecule has 1 aromatic carbocycles. The highest BCUT2D eigenvalue weighted by atomic mass is 35.5. The molecular weight excluding hydrogens is 385 g/mol. The summed E-state index contributed by atoms with van der Waals surface area (Å²) in [6.45, 7) is 2.74. The number of aromatic nitrogens is 1. The van der Waals surface area contributed by atoms with Crippen LogP contribution in [0.25, 0.3) is 0 Å². The second-order valence-electron chi connectivity index (χ2n) is 6.36. The van der Waals surface area contributed by atoms with Crippen LogP contribution >= 0.6 is 23.2 Å². The summed E-state index contributed by atoms with van der Waals surface area (Å²) in [6, 6.07) is 9.21. The van der Waals surface area contributed by atoms with E-state index >= 15 is 0 Å². The normalized spacial score (nSPS) is 12.3. The monoisotopic (exact) mass is 411 g/mol. The largest absolute Gasteiger partial charge is 0.396 e. The predicted octanol–water partition coefficient (Wildman–Crippen LogP) is 4.02. The lowest BCUT2D eigenvalue weighted by atomic mass is 10.1. The predicted molar refractivity (Wildman–Crippen MR) is 111 cm³/mol. The van der Waals surface area contributed by atoms with Gasteiger partial charge in [0.25, 0.3) is 0 Å².